The fourth-order valence-electron chi connectivity index (χ4n) is 4.42. The smallest absolute Gasteiger partial charge is 0.230 e. The Kier molecular flexibility index (Phi) is 6.09. The Morgan fingerprint density at radius 2 is 1.91 bits per heavy atom. The Morgan fingerprint density at radius 1 is 1.06 bits per heavy atom. The second-order valence-electron chi connectivity index (χ2n) is 8.45. The summed E-state index contributed by atoms with van der Waals surface area (Å²) in [6, 6.07) is 6.94. The van der Waals surface area contributed by atoms with Crippen LogP contribution in [0.3, 0.4) is 0 Å². The SMILES string of the molecule is COc1cc2c(Oc3ccc4c(c3F)CC(C)=N4)ncnc2cc1OCCCN1CCCC1. The van der Waals surface area contributed by atoms with Gasteiger partial charge in [0.25, 0.3) is 0 Å². The zero-order valence-corrected chi connectivity index (χ0v) is 18.9. The number of halogens is 1. The summed E-state index contributed by atoms with van der Waals surface area (Å²) in [6.07, 6.45) is 5.40. The summed E-state index contributed by atoms with van der Waals surface area (Å²) in [7, 11) is 1.59. The van der Waals surface area contributed by atoms with E-state index in [-0.39, 0.29) is 11.6 Å². The number of nitrogens with zero attached hydrogens (tertiary/aromatic N) is 4. The Hall–Kier alpha value is -3.26. The molecular weight excluding hydrogens is 423 g/mol. The molecule has 7 nitrogen and oxygen atoms in total. The van der Waals surface area contributed by atoms with Gasteiger partial charge in [0.15, 0.2) is 23.1 Å². The van der Waals surface area contributed by atoms with Crippen LogP contribution in [0.25, 0.3) is 10.9 Å². The third-order valence-electron chi connectivity index (χ3n) is 6.09. The Balaban J connectivity index is 1.36. The van der Waals surface area contributed by atoms with Crippen LogP contribution in [0, 0.1) is 5.82 Å². The van der Waals surface area contributed by atoms with Gasteiger partial charge >= 0.3 is 0 Å². The first-order valence-corrected chi connectivity index (χ1v) is 11.3. The fraction of sp³-hybridized carbons (Fsp3) is 0.400. The Morgan fingerprint density at radius 3 is 2.73 bits per heavy atom. The van der Waals surface area contributed by atoms with Crippen molar-refractivity contribution in [3.8, 4) is 23.1 Å². The van der Waals surface area contributed by atoms with Crippen molar-refractivity contribution in [2.45, 2.75) is 32.6 Å². The van der Waals surface area contributed by atoms with Gasteiger partial charge < -0.3 is 19.1 Å². The molecule has 1 saturated heterocycles. The molecular formula is C25H27FN4O3. The molecule has 1 aromatic heterocycles. The molecule has 0 saturated carbocycles. The van der Waals surface area contributed by atoms with Crippen molar-refractivity contribution < 1.29 is 18.6 Å². The molecule has 8 heteroatoms. The number of likely N-dealkylation sites (tertiary alicyclic amines) is 1. The third kappa shape index (κ3) is 4.48. The lowest BCUT2D eigenvalue weighted by atomic mass is 10.1. The van der Waals surface area contributed by atoms with E-state index >= 15 is 4.39 Å². The lowest BCUT2D eigenvalue weighted by Crippen LogP contribution is -2.21. The average Bonchev–Trinajstić information content (AvgIpc) is 3.47. The second-order valence-corrected chi connectivity index (χ2v) is 8.45. The zero-order valence-electron chi connectivity index (χ0n) is 18.9. The fourth-order valence-corrected chi connectivity index (χ4v) is 4.42. The first kappa shape index (κ1) is 21.6. The van der Waals surface area contributed by atoms with Gasteiger partial charge in [0.05, 0.1) is 30.3 Å². The maximum Gasteiger partial charge on any atom is 0.230 e. The van der Waals surface area contributed by atoms with Crippen LogP contribution in [0.1, 0.15) is 31.7 Å². The van der Waals surface area contributed by atoms with E-state index < -0.39 is 5.82 Å². The standard InChI is InChI=1S/C25H27FN4O3/c1-16-12-17-19(29-16)6-7-21(24(17)26)33-25-18-13-22(31-2)23(14-20(18)27-15-28-25)32-11-5-10-30-8-3-4-9-30/h6-7,13-15H,3-5,8-12H2,1-2H3. The van der Waals surface area contributed by atoms with Crippen molar-refractivity contribution in [2.75, 3.05) is 33.4 Å². The summed E-state index contributed by atoms with van der Waals surface area (Å²) in [6.45, 7) is 5.87. The van der Waals surface area contributed by atoms with E-state index in [2.05, 4.69) is 19.9 Å². The molecule has 0 radical (unpaired) electrons. The Labute approximate surface area is 192 Å². The first-order chi connectivity index (χ1) is 16.1. The highest BCUT2D eigenvalue weighted by Gasteiger charge is 2.21. The van der Waals surface area contributed by atoms with Gasteiger partial charge in [-0.2, -0.15) is 0 Å². The normalized spacial score (nSPS) is 15.5. The number of hydrogen-bond acceptors (Lipinski definition) is 7. The van der Waals surface area contributed by atoms with Crippen molar-refractivity contribution in [1.82, 2.24) is 14.9 Å². The van der Waals surface area contributed by atoms with Crippen LogP contribution in [0.4, 0.5) is 10.1 Å². The largest absolute Gasteiger partial charge is 0.493 e. The summed E-state index contributed by atoms with van der Waals surface area (Å²) in [4.78, 5) is 15.4. The van der Waals surface area contributed by atoms with Gasteiger partial charge in [-0.15, -0.1) is 0 Å². The second kappa shape index (κ2) is 9.31. The van der Waals surface area contributed by atoms with Crippen molar-refractivity contribution in [1.29, 1.82) is 0 Å². The first-order valence-electron chi connectivity index (χ1n) is 11.3. The van der Waals surface area contributed by atoms with E-state index in [0.29, 0.717) is 46.7 Å². The maximum absolute atomic E-state index is 15.0. The van der Waals surface area contributed by atoms with Gasteiger partial charge in [0, 0.05) is 30.3 Å². The van der Waals surface area contributed by atoms with Crippen LogP contribution in [0.2, 0.25) is 0 Å². The number of aromatic nitrogens is 2. The number of rotatable bonds is 8. The molecule has 1 fully saturated rings. The third-order valence-corrected chi connectivity index (χ3v) is 6.09. The van der Waals surface area contributed by atoms with Gasteiger partial charge in [0.1, 0.15) is 6.33 Å². The number of hydrogen-bond donors (Lipinski definition) is 0. The minimum Gasteiger partial charge on any atom is -0.493 e. The van der Waals surface area contributed by atoms with Crippen LogP contribution >= 0.6 is 0 Å². The van der Waals surface area contributed by atoms with Crippen LogP contribution in [-0.4, -0.2) is 53.9 Å². The minimum absolute atomic E-state index is 0.111. The van der Waals surface area contributed by atoms with Gasteiger partial charge in [-0.3, -0.25) is 4.99 Å². The van der Waals surface area contributed by atoms with Crippen molar-refractivity contribution in [3.05, 3.63) is 42.0 Å². The van der Waals surface area contributed by atoms with E-state index in [0.717, 1.165) is 18.7 Å². The maximum atomic E-state index is 15.0. The summed E-state index contributed by atoms with van der Waals surface area (Å²) >= 11 is 0. The van der Waals surface area contributed by atoms with Crippen molar-refractivity contribution in [2.24, 2.45) is 4.99 Å². The lowest BCUT2D eigenvalue weighted by molar-refractivity contribution is 0.254. The molecule has 0 amide bonds. The molecule has 0 aliphatic carbocycles. The van der Waals surface area contributed by atoms with Gasteiger partial charge in [-0.1, -0.05) is 0 Å². The highest BCUT2D eigenvalue weighted by molar-refractivity contribution is 5.92. The average molecular weight is 451 g/mol. The van der Waals surface area contributed by atoms with Crippen LogP contribution in [0.5, 0.6) is 23.1 Å². The van der Waals surface area contributed by atoms with E-state index in [4.69, 9.17) is 14.2 Å². The predicted molar refractivity (Wildman–Crippen MR) is 125 cm³/mol. The number of methoxy groups -OCH3 is 1. The molecule has 2 aliphatic heterocycles. The molecule has 172 valence electrons. The molecule has 5 rings (SSSR count). The number of ether oxygens (including phenoxy) is 3. The van der Waals surface area contributed by atoms with E-state index in [9.17, 15) is 0 Å². The molecule has 33 heavy (non-hydrogen) atoms. The van der Waals surface area contributed by atoms with Gasteiger partial charge in [0.2, 0.25) is 5.88 Å². The number of benzene rings is 2. The van der Waals surface area contributed by atoms with E-state index in [1.54, 1.807) is 25.3 Å². The summed E-state index contributed by atoms with van der Waals surface area (Å²) < 4.78 is 32.5. The molecule has 0 atom stereocenters. The molecule has 0 bridgehead atoms. The van der Waals surface area contributed by atoms with Gasteiger partial charge in [-0.25, -0.2) is 14.4 Å². The molecule has 3 heterocycles. The predicted octanol–water partition coefficient (Wildman–Crippen LogP) is 5.08. The highest BCUT2D eigenvalue weighted by Crippen LogP contribution is 2.39. The van der Waals surface area contributed by atoms with Crippen molar-refractivity contribution in [3.63, 3.8) is 0 Å². The highest BCUT2D eigenvalue weighted by atomic mass is 19.1. The van der Waals surface area contributed by atoms with E-state index in [1.807, 2.05) is 13.0 Å². The van der Waals surface area contributed by atoms with Crippen molar-refractivity contribution >= 4 is 22.3 Å². The minimum atomic E-state index is -0.412. The molecule has 0 spiro atoms. The zero-order chi connectivity index (χ0) is 22.8. The number of aliphatic imine (C=N–C) groups is 1. The molecule has 3 aromatic rings. The van der Waals surface area contributed by atoms with Crippen LogP contribution in [-0.2, 0) is 6.42 Å². The van der Waals surface area contributed by atoms with Crippen LogP contribution < -0.4 is 14.2 Å². The van der Waals surface area contributed by atoms with E-state index in [1.165, 1.54) is 32.3 Å². The van der Waals surface area contributed by atoms with Crippen LogP contribution in [0.15, 0.2) is 35.6 Å². The number of fused-ring (bicyclic) bond motifs is 2. The quantitative estimate of drug-likeness (QED) is 0.446. The Bertz CT molecular complexity index is 1210. The van der Waals surface area contributed by atoms with Gasteiger partial charge in [-0.05, 0) is 57.5 Å². The molecule has 2 aliphatic rings. The monoisotopic (exact) mass is 450 g/mol. The summed E-state index contributed by atoms with van der Waals surface area (Å²) in [5.41, 5.74) is 2.71. The molecule has 0 N–H and O–H groups in total. The topological polar surface area (TPSA) is 69.1 Å². The molecule has 0 unspecified atom stereocenters. The lowest BCUT2D eigenvalue weighted by Gasteiger charge is -2.16. The summed E-state index contributed by atoms with van der Waals surface area (Å²) in [5, 5.41) is 0.617. The molecule has 2 aromatic carbocycles. The summed E-state index contributed by atoms with van der Waals surface area (Å²) in [5.74, 6) is 1.13.